The van der Waals surface area contributed by atoms with Crippen LogP contribution < -0.4 is 4.74 Å². The number of hydrogen-bond donors (Lipinski definition) is 0. The largest absolute Gasteiger partial charge is 0.497 e. The average Bonchev–Trinajstić information content (AvgIpc) is 3.01. The second-order valence-electron chi connectivity index (χ2n) is 6.40. The molecule has 1 heterocycles. The molecular weight excluding hydrogens is 348 g/mol. The van der Waals surface area contributed by atoms with E-state index in [1.54, 1.807) is 7.11 Å². The van der Waals surface area contributed by atoms with Crippen molar-refractivity contribution in [3.8, 4) is 17.2 Å². The summed E-state index contributed by atoms with van der Waals surface area (Å²) in [5.74, 6) is 2.29. The minimum Gasteiger partial charge on any atom is -0.497 e. The van der Waals surface area contributed by atoms with Crippen molar-refractivity contribution in [3.63, 3.8) is 0 Å². The van der Waals surface area contributed by atoms with Crippen LogP contribution in [0.2, 0.25) is 5.02 Å². The summed E-state index contributed by atoms with van der Waals surface area (Å²) < 4.78 is 11.2. The van der Waals surface area contributed by atoms with Crippen molar-refractivity contribution in [2.24, 2.45) is 0 Å². The van der Waals surface area contributed by atoms with Gasteiger partial charge in [-0.05, 0) is 56.8 Å². The summed E-state index contributed by atoms with van der Waals surface area (Å²) in [4.78, 5) is 6.92. The summed E-state index contributed by atoms with van der Waals surface area (Å²) in [5.41, 5.74) is 3.01. The van der Waals surface area contributed by atoms with E-state index in [1.807, 2.05) is 43.3 Å². The Hall–Kier alpha value is -2.30. The number of methoxy groups -OCH3 is 1. The van der Waals surface area contributed by atoms with E-state index in [1.165, 1.54) is 5.56 Å². The van der Waals surface area contributed by atoms with Crippen LogP contribution in [0.25, 0.3) is 11.5 Å². The third-order valence-electron chi connectivity index (χ3n) is 4.60. The van der Waals surface area contributed by atoms with Crippen LogP contribution in [0.4, 0.5) is 0 Å². The van der Waals surface area contributed by atoms with Crippen LogP contribution in [-0.4, -0.2) is 24.0 Å². The highest BCUT2D eigenvalue weighted by atomic mass is 35.5. The summed E-state index contributed by atoms with van der Waals surface area (Å²) in [6.45, 7) is 4.80. The molecule has 0 saturated heterocycles. The van der Waals surface area contributed by atoms with Crippen LogP contribution >= 0.6 is 11.6 Å². The van der Waals surface area contributed by atoms with Gasteiger partial charge < -0.3 is 9.15 Å². The highest BCUT2D eigenvalue weighted by Gasteiger charge is 2.18. The van der Waals surface area contributed by atoms with E-state index in [0.717, 1.165) is 22.8 Å². The Morgan fingerprint density at radius 1 is 1.19 bits per heavy atom. The van der Waals surface area contributed by atoms with Crippen LogP contribution in [0, 0.1) is 6.92 Å². The Kier molecular flexibility index (Phi) is 5.64. The van der Waals surface area contributed by atoms with Crippen molar-refractivity contribution in [2.75, 3.05) is 14.2 Å². The lowest BCUT2D eigenvalue weighted by Gasteiger charge is -2.24. The molecule has 1 aromatic heterocycles. The molecule has 0 bridgehead atoms. The SMILES string of the molecule is COc1cccc(C(C)N(C)Cc2nc(-c3cccc(Cl)c3)oc2C)c1. The van der Waals surface area contributed by atoms with Gasteiger partial charge in [0, 0.05) is 23.2 Å². The van der Waals surface area contributed by atoms with E-state index in [2.05, 4.69) is 36.0 Å². The summed E-state index contributed by atoms with van der Waals surface area (Å²) in [5, 5.41) is 0.670. The Morgan fingerprint density at radius 2 is 1.96 bits per heavy atom. The first-order chi connectivity index (χ1) is 12.5. The maximum Gasteiger partial charge on any atom is 0.226 e. The summed E-state index contributed by atoms with van der Waals surface area (Å²) in [6.07, 6.45) is 0. The maximum absolute atomic E-state index is 6.07. The molecule has 0 spiro atoms. The van der Waals surface area contributed by atoms with Crippen molar-refractivity contribution >= 4 is 11.6 Å². The fourth-order valence-electron chi connectivity index (χ4n) is 2.85. The number of hydrogen-bond acceptors (Lipinski definition) is 4. The molecule has 0 saturated carbocycles. The Labute approximate surface area is 159 Å². The van der Waals surface area contributed by atoms with Gasteiger partial charge in [-0.15, -0.1) is 0 Å². The van der Waals surface area contributed by atoms with E-state index in [-0.39, 0.29) is 6.04 Å². The second-order valence-corrected chi connectivity index (χ2v) is 6.84. The fraction of sp³-hybridized carbons (Fsp3) is 0.286. The van der Waals surface area contributed by atoms with Crippen LogP contribution in [0.15, 0.2) is 52.9 Å². The van der Waals surface area contributed by atoms with Gasteiger partial charge in [0.1, 0.15) is 11.5 Å². The van der Waals surface area contributed by atoms with Gasteiger partial charge in [-0.25, -0.2) is 4.98 Å². The molecule has 136 valence electrons. The molecule has 0 aliphatic heterocycles. The van der Waals surface area contributed by atoms with Gasteiger partial charge >= 0.3 is 0 Å². The van der Waals surface area contributed by atoms with Crippen molar-refractivity contribution in [1.82, 2.24) is 9.88 Å². The lowest BCUT2D eigenvalue weighted by Crippen LogP contribution is -2.22. The molecular formula is C21H23ClN2O2. The zero-order valence-corrected chi connectivity index (χ0v) is 16.2. The maximum atomic E-state index is 6.07. The zero-order chi connectivity index (χ0) is 18.7. The van der Waals surface area contributed by atoms with E-state index in [9.17, 15) is 0 Å². The number of benzene rings is 2. The normalized spacial score (nSPS) is 12.4. The lowest BCUT2D eigenvalue weighted by atomic mass is 10.1. The minimum absolute atomic E-state index is 0.218. The second kappa shape index (κ2) is 7.94. The van der Waals surface area contributed by atoms with E-state index in [0.29, 0.717) is 17.5 Å². The quantitative estimate of drug-likeness (QED) is 0.573. The van der Waals surface area contributed by atoms with Crippen LogP contribution in [0.1, 0.15) is 30.0 Å². The molecule has 0 aliphatic carbocycles. The number of aromatic nitrogens is 1. The van der Waals surface area contributed by atoms with Crippen LogP contribution in [0.3, 0.4) is 0 Å². The van der Waals surface area contributed by atoms with Gasteiger partial charge in [0.15, 0.2) is 0 Å². The first-order valence-corrected chi connectivity index (χ1v) is 8.92. The van der Waals surface area contributed by atoms with Gasteiger partial charge in [0.2, 0.25) is 5.89 Å². The molecule has 0 N–H and O–H groups in total. The lowest BCUT2D eigenvalue weighted by molar-refractivity contribution is 0.248. The molecule has 0 radical (unpaired) electrons. The molecule has 1 unspecified atom stereocenters. The third kappa shape index (κ3) is 4.09. The van der Waals surface area contributed by atoms with E-state index >= 15 is 0 Å². The molecule has 26 heavy (non-hydrogen) atoms. The van der Waals surface area contributed by atoms with Gasteiger partial charge in [0.05, 0.1) is 12.8 Å². The first-order valence-electron chi connectivity index (χ1n) is 8.54. The van der Waals surface area contributed by atoms with Gasteiger partial charge in [-0.1, -0.05) is 29.8 Å². The molecule has 0 aliphatic rings. The van der Waals surface area contributed by atoms with Crippen LogP contribution in [-0.2, 0) is 6.54 Å². The van der Waals surface area contributed by atoms with Crippen molar-refractivity contribution in [2.45, 2.75) is 26.4 Å². The monoisotopic (exact) mass is 370 g/mol. The van der Waals surface area contributed by atoms with Gasteiger partial charge in [0.25, 0.3) is 0 Å². The first kappa shape index (κ1) is 18.5. The van der Waals surface area contributed by atoms with E-state index in [4.69, 9.17) is 20.8 Å². The molecule has 2 aromatic carbocycles. The van der Waals surface area contributed by atoms with Gasteiger partial charge in [-0.3, -0.25) is 4.90 Å². The molecule has 0 amide bonds. The summed E-state index contributed by atoms with van der Waals surface area (Å²) in [6, 6.07) is 15.9. The Bertz CT molecular complexity index is 891. The zero-order valence-electron chi connectivity index (χ0n) is 15.5. The molecule has 0 fully saturated rings. The topological polar surface area (TPSA) is 38.5 Å². The average molecular weight is 371 g/mol. The van der Waals surface area contributed by atoms with Crippen LogP contribution in [0.5, 0.6) is 5.75 Å². The standard InChI is InChI=1S/C21H23ClN2O2/c1-14(16-7-6-10-19(12-16)25-4)24(3)13-20-15(2)26-21(23-20)17-8-5-9-18(22)11-17/h5-12,14H,13H2,1-4H3. The highest BCUT2D eigenvalue weighted by molar-refractivity contribution is 6.30. The predicted octanol–water partition coefficient (Wildman–Crippen LogP) is 5.51. The molecule has 1 atom stereocenters. The third-order valence-corrected chi connectivity index (χ3v) is 4.84. The Morgan fingerprint density at radius 3 is 2.69 bits per heavy atom. The number of nitrogens with zero attached hydrogens (tertiary/aromatic N) is 2. The number of ether oxygens (including phenoxy) is 1. The molecule has 5 heteroatoms. The fourth-order valence-corrected chi connectivity index (χ4v) is 3.04. The molecule has 3 aromatic rings. The summed E-state index contributed by atoms with van der Waals surface area (Å²) >= 11 is 6.07. The van der Waals surface area contributed by atoms with Crippen molar-refractivity contribution in [3.05, 3.63) is 70.6 Å². The smallest absolute Gasteiger partial charge is 0.226 e. The Balaban J connectivity index is 1.77. The van der Waals surface area contributed by atoms with E-state index < -0.39 is 0 Å². The summed E-state index contributed by atoms with van der Waals surface area (Å²) in [7, 11) is 3.76. The number of rotatable bonds is 6. The predicted molar refractivity (Wildman–Crippen MR) is 105 cm³/mol. The van der Waals surface area contributed by atoms with Crippen molar-refractivity contribution < 1.29 is 9.15 Å². The minimum atomic E-state index is 0.218. The number of oxazole rings is 1. The van der Waals surface area contributed by atoms with Crippen molar-refractivity contribution in [1.29, 1.82) is 0 Å². The number of aryl methyl sites for hydroxylation is 1. The molecule has 3 rings (SSSR count). The number of halogens is 1. The van der Waals surface area contributed by atoms with Gasteiger partial charge in [-0.2, -0.15) is 0 Å². The highest BCUT2D eigenvalue weighted by Crippen LogP contribution is 2.27. The molecule has 4 nitrogen and oxygen atoms in total.